The van der Waals surface area contributed by atoms with Crippen LogP contribution >= 0.6 is 0 Å². The largest absolute Gasteiger partial charge is 0.428 e. The van der Waals surface area contributed by atoms with Gasteiger partial charge in [-0.15, -0.1) is 0 Å². The van der Waals surface area contributed by atoms with Gasteiger partial charge in [0.05, 0.1) is 0 Å². The maximum atomic E-state index is 4.68. The molecule has 0 radical (unpaired) electrons. The van der Waals surface area contributed by atoms with Gasteiger partial charge in [0.2, 0.25) is 0 Å². The third kappa shape index (κ3) is 4.55. The highest BCUT2D eigenvalue weighted by atomic mass is 28.2. The van der Waals surface area contributed by atoms with Gasteiger partial charge >= 0.3 is 0 Å². The maximum Gasteiger partial charge on any atom is 0.145 e. The first-order chi connectivity index (χ1) is 8.29. The fraction of sp³-hybridized carbons (Fsp3) is 0.200. The van der Waals surface area contributed by atoms with Crippen LogP contribution < -0.4 is 0 Å². The zero-order valence-electron chi connectivity index (χ0n) is 10.8. The zero-order valence-corrected chi connectivity index (χ0v) is 12.8. The first-order valence-corrected chi connectivity index (χ1v) is 6.71. The van der Waals surface area contributed by atoms with Gasteiger partial charge in [-0.1, -0.05) is 54.6 Å². The van der Waals surface area contributed by atoms with Crippen molar-refractivity contribution in [2.45, 2.75) is 13.8 Å². The Bertz CT molecular complexity index is 424. The molecule has 2 heteroatoms. The fourth-order valence-electron chi connectivity index (χ4n) is 1.51. The van der Waals surface area contributed by atoms with E-state index >= 15 is 0 Å². The summed E-state index contributed by atoms with van der Waals surface area (Å²) < 4.78 is 4.68. The lowest BCUT2D eigenvalue weighted by Crippen LogP contribution is -1.80. The first-order valence-electron chi connectivity index (χ1n) is 5.89. The van der Waals surface area contributed by atoms with E-state index in [2.05, 4.69) is 59.9 Å². The summed E-state index contributed by atoms with van der Waals surface area (Å²) in [4.78, 5) is 0. The highest BCUT2D eigenvalue weighted by Crippen LogP contribution is 2.21. The summed E-state index contributed by atoms with van der Waals surface area (Å²) in [6, 6.07) is 18.9. The molecule has 0 amide bonds. The van der Waals surface area contributed by atoms with E-state index in [1.165, 1.54) is 16.7 Å². The Labute approximate surface area is 107 Å². The van der Waals surface area contributed by atoms with Crippen LogP contribution in [0, 0.1) is 6.92 Å². The molecule has 90 valence electrons. The summed E-state index contributed by atoms with van der Waals surface area (Å²) in [7, 11) is 0.890. The number of hydrogen-bond donors (Lipinski definition) is 0. The summed E-state index contributed by atoms with van der Waals surface area (Å²) in [5.41, 5.74) is 3.94. The fourth-order valence-corrected chi connectivity index (χ4v) is 1.51. The molecule has 0 aliphatic carbocycles. The zero-order chi connectivity index (χ0) is 12.5. The third-order valence-electron chi connectivity index (χ3n) is 2.52. The minimum atomic E-state index is 0.881. The predicted molar refractivity (Wildman–Crippen MR) is 78.2 cm³/mol. The Morgan fingerprint density at radius 1 is 0.941 bits per heavy atom. The molecule has 0 atom stereocenters. The van der Waals surface area contributed by atoms with Crippen LogP contribution in [0.25, 0.3) is 11.1 Å². The molecular formula is C15H20OSi. The van der Waals surface area contributed by atoms with E-state index in [4.69, 9.17) is 0 Å². The van der Waals surface area contributed by atoms with E-state index in [0.29, 0.717) is 0 Å². The number of rotatable bonds is 2. The average Bonchev–Trinajstić information content (AvgIpc) is 2.41. The molecule has 0 saturated heterocycles. The van der Waals surface area contributed by atoms with Crippen molar-refractivity contribution < 1.29 is 4.43 Å². The lowest BCUT2D eigenvalue weighted by molar-refractivity contribution is 0.375. The summed E-state index contributed by atoms with van der Waals surface area (Å²) >= 11 is 0. The second kappa shape index (κ2) is 7.82. The lowest BCUT2D eigenvalue weighted by Gasteiger charge is -2.04. The molecule has 0 fully saturated rings. The van der Waals surface area contributed by atoms with Gasteiger partial charge in [0.25, 0.3) is 0 Å². The van der Waals surface area contributed by atoms with Gasteiger partial charge in [-0.2, -0.15) is 0 Å². The van der Waals surface area contributed by atoms with E-state index < -0.39 is 0 Å². The molecule has 2 aromatic rings. The van der Waals surface area contributed by atoms with Crippen molar-refractivity contribution in [3.8, 4) is 11.1 Å². The van der Waals surface area contributed by atoms with E-state index in [-0.39, 0.29) is 0 Å². The van der Waals surface area contributed by atoms with E-state index in [1.807, 2.05) is 13.0 Å². The standard InChI is InChI=1S/C13H12.C2H8OSi/c1-11-7-5-6-10-13(11)12-8-3-2-4-9-12;1-2-3-4/h2-10H,1H3;2H2,1,4H3. The number of benzene rings is 2. The highest BCUT2D eigenvalue weighted by molar-refractivity contribution is 5.97. The topological polar surface area (TPSA) is 9.23 Å². The van der Waals surface area contributed by atoms with Gasteiger partial charge in [0.1, 0.15) is 10.5 Å². The molecule has 0 saturated carbocycles. The maximum absolute atomic E-state index is 4.68. The van der Waals surface area contributed by atoms with Crippen molar-refractivity contribution in [2.24, 2.45) is 0 Å². The minimum absolute atomic E-state index is 0.881. The van der Waals surface area contributed by atoms with Crippen molar-refractivity contribution in [2.75, 3.05) is 6.61 Å². The number of hydrogen-bond acceptors (Lipinski definition) is 1. The minimum Gasteiger partial charge on any atom is -0.428 e. The van der Waals surface area contributed by atoms with Crippen LogP contribution in [0.4, 0.5) is 0 Å². The van der Waals surface area contributed by atoms with Crippen molar-refractivity contribution >= 4 is 10.5 Å². The van der Waals surface area contributed by atoms with Gasteiger partial charge in [0.15, 0.2) is 0 Å². The quantitative estimate of drug-likeness (QED) is 0.738. The van der Waals surface area contributed by atoms with E-state index in [9.17, 15) is 0 Å². The Morgan fingerprint density at radius 3 is 2.00 bits per heavy atom. The first kappa shape index (κ1) is 13.7. The molecule has 0 aliphatic heterocycles. The molecule has 0 heterocycles. The Balaban J connectivity index is 0.000000317. The molecule has 2 rings (SSSR count). The molecule has 0 N–H and O–H groups in total. The van der Waals surface area contributed by atoms with Gasteiger partial charge in [-0.25, -0.2) is 0 Å². The van der Waals surface area contributed by atoms with Gasteiger partial charge in [-0.3, -0.25) is 0 Å². The SMILES string of the molecule is CCO[SiH3].Cc1ccccc1-c1ccccc1. The van der Waals surface area contributed by atoms with Gasteiger partial charge in [0, 0.05) is 6.61 Å². The summed E-state index contributed by atoms with van der Waals surface area (Å²) in [6.45, 7) is 5.02. The third-order valence-corrected chi connectivity index (χ3v) is 3.10. The summed E-state index contributed by atoms with van der Waals surface area (Å²) in [6.07, 6.45) is 0. The lowest BCUT2D eigenvalue weighted by atomic mass is 10.0. The van der Waals surface area contributed by atoms with Gasteiger partial charge in [-0.05, 0) is 30.5 Å². The van der Waals surface area contributed by atoms with Crippen LogP contribution in [0.1, 0.15) is 12.5 Å². The molecule has 1 nitrogen and oxygen atoms in total. The molecule has 2 aromatic carbocycles. The Kier molecular flexibility index (Phi) is 6.29. The molecular weight excluding hydrogens is 224 g/mol. The van der Waals surface area contributed by atoms with E-state index in [0.717, 1.165) is 17.1 Å². The molecule has 0 aliphatic rings. The predicted octanol–water partition coefficient (Wildman–Crippen LogP) is 2.97. The van der Waals surface area contributed by atoms with Crippen LogP contribution in [0.3, 0.4) is 0 Å². The van der Waals surface area contributed by atoms with Crippen LogP contribution in [0.2, 0.25) is 0 Å². The normalized spacial score (nSPS) is 9.53. The molecule has 0 unspecified atom stereocenters. The highest BCUT2D eigenvalue weighted by Gasteiger charge is 1.97. The van der Waals surface area contributed by atoms with Crippen LogP contribution in [0.15, 0.2) is 54.6 Å². The van der Waals surface area contributed by atoms with Crippen molar-refractivity contribution in [3.63, 3.8) is 0 Å². The average molecular weight is 244 g/mol. The van der Waals surface area contributed by atoms with Crippen LogP contribution in [-0.4, -0.2) is 17.1 Å². The smallest absolute Gasteiger partial charge is 0.145 e. The molecule has 0 spiro atoms. The van der Waals surface area contributed by atoms with Crippen molar-refractivity contribution in [1.82, 2.24) is 0 Å². The second-order valence-electron chi connectivity index (χ2n) is 3.76. The van der Waals surface area contributed by atoms with Crippen molar-refractivity contribution in [3.05, 3.63) is 60.2 Å². The van der Waals surface area contributed by atoms with Crippen LogP contribution in [0.5, 0.6) is 0 Å². The molecule has 17 heavy (non-hydrogen) atoms. The Hall–Kier alpha value is -1.38. The monoisotopic (exact) mass is 244 g/mol. The molecule has 0 bridgehead atoms. The summed E-state index contributed by atoms with van der Waals surface area (Å²) in [5.74, 6) is 0. The van der Waals surface area contributed by atoms with Crippen LogP contribution in [-0.2, 0) is 4.43 Å². The van der Waals surface area contributed by atoms with E-state index in [1.54, 1.807) is 0 Å². The molecule has 0 aromatic heterocycles. The second-order valence-corrected chi connectivity index (χ2v) is 4.34. The van der Waals surface area contributed by atoms with Crippen molar-refractivity contribution in [1.29, 1.82) is 0 Å². The van der Waals surface area contributed by atoms with Gasteiger partial charge < -0.3 is 4.43 Å². The number of aryl methyl sites for hydroxylation is 1. The summed E-state index contributed by atoms with van der Waals surface area (Å²) in [5, 5.41) is 0. The Morgan fingerprint density at radius 2 is 1.47 bits per heavy atom.